The van der Waals surface area contributed by atoms with Gasteiger partial charge < -0.3 is 20.1 Å². The van der Waals surface area contributed by atoms with Gasteiger partial charge in [-0.05, 0) is 26.8 Å². The van der Waals surface area contributed by atoms with E-state index in [1.54, 1.807) is 13.0 Å². The lowest BCUT2D eigenvalue weighted by Crippen LogP contribution is -2.45. The van der Waals surface area contributed by atoms with Crippen LogP contribution in [-0.4, -0.2) is 57.3 Å². The molecule has 2 N–H and O–H groups in total. The average Bonchev–Trinajstić information content (AvgIpc) is 3.04. The Hall–Kier alpha value is -3.50. The van der Waals surface area contributed by atoms with E-state index in [-0.39, 0.29) is 42.6 Å². The van der Waals surface area contributed by atoms with E-state index in [1.165, 1.54) is 4.52 Å². The van der Waals surface area contributed by atoms with Crippen LogP contribution in [0.1, 0.15) is 28.9 Å². The van der Waals surface area contributed by atoms with Crippen LogP contribution in [0.3, 0.4) is 0 Å². The maximum Gasteiger partial charge on any atom is 0.378 e. The van der Waals surface area contributed by atoms with Crippen molar-refractivity contribution in [3.63, 3.8) is 0 Å². The van der Waals surface area contributed by atoms with Crippen molar-refractivity contribution in [1.82, 2.24) is 30.2 Å². The average molecular weight is 374 g/mol. The molecule has 1 aliphatic rings. The third-order valence-corrected chi connectivity index (χ3v) is 3.72. The highest BCUT2D eigenvalue weighted by Crippen LogP contribution is 2.10. The van der Waals surface area contributed by atoms with Crippen LogP contribution in [0.15, 0.2) is 17.3 Å². The standard InChI is InChI=1S/C16H18N6O5/c1-4-26-13(23)10-6-17-16(25)19-11(10)7-27-14(24)12-20-15-18-8(2)5-9(3)22(15)21-12/h5H,4,6-7H2,1-3H3,(H2,17,19,25). The highest BCUT2D eigenvalue weighted by molar-refractivity contribution is 5.94. The first-order valence-corrected chi connectivity index (χ1v) is 8.21. The van der Waals surface area contributed by atoms with E-state index in [0.29, 0.717) is 0 Å². The van der Waals surface area contributed by atoms with Crippen LogP contribution < -0.4 is 10.6 Å². The fraction of sp³-hybridized carbons (Fsp3) is 0.375. The number of fused-ring (bicyclic) bond motifs is 1. The molecule has 0 radical (unpaired) electrons. The van der Waals surface area contributed by atoms with Crippen molar-refractivity contribution in [1.29, 1.82) is 0 Å². The molecule has 2 aromatic rings. The summed E-state index contributed by atoms with van der Waals surface area (Å²) in [5.41, 5.74) is 1.84. The molecule has 0 spiro atoms. The first-order chi connectivity index (χ1) is 12.9. The minimum absolute atomic E-state index is 0.0213. The number of carbonyl (C=O) groups excluding carboxylic acids is 3. The maximum absolute atomic E-state index is 12.3. The molecule has 3 rings (SSSR count). The third-order valence-electron chi connectivity index (χ3n) is 3.72. The number of aromatic nitrogens is 4. The molecule has 11 heteroatoms. The molecule has 3 heterocycles. The van der Waals surface area contributed by atoms with E-state index < -0.39 is 18.0 Å². The summed E-state index contributed by atoms with van der Waals surface area (Å²) in [7, 11) is 0. The molecular weight excluding hydrogens is 356 g/mol. The lowest BCUT2D eigenvalue weighted by molar-refractivity contribution is -0.138. The second-order valence-corrected chi connectivity index (χ2v) is 5.75. The number of esters is 2. The van der Waals surface area contributed by atoms with Crippen molar-refractivity contribution in [2.24, 2.45) is 0 Å². The van der Waals surface area contributed by atoms with Crippen molar-refractivity contribution in [3.8, 4) is 0 Å². The molecule has 11 nitrogen and oxygen atoms in total. The molecule has 0 saturated heterocycles. The Morgan fingerprint density at radius 1 is 1.22 bits per heavy atom. The summed E-state index contributed by atoms with van der Waals surface area (Å²) < 4.78 is 11.5. The number of nitrogens with zero attached hydrogens (tertiary/aromatic N) is 4. The summed E-state index contributed by atoms with van der Waals surface area (Å²) >= 11 is 0. The van der Waals surface area contributed by atoms with Crippen molar-refractivity contribution < 1.29 is 23.9 Å². The first-order valence-electron chi connectivity index (χ1n) is 8.21. The van der Waals surface area contributed by atoms with Crippen LogP contribution in [-0.2, 0) is 14.3 Å². The Labute approximate surface area is 153 Å². The largest absolute Gasteiger partial charge is 0.463 e. The summed E-state index contributed by atoms with van der Waals surface area (Å²) in [4.78, 5) is 44.0. The van der Waals surface area contributed by atoms with Gasteiger partial charge in [0.25, 0.3) is 11.6 Å². The summed E-state index contributed by atoms with van der Waals surface area (Å²) in [6.45, 7) is 5.11. The quantitative estimate of drug-likeness (QED) is 0.699. The van der Waals surface area contributed by atoms with Crippen LogP contribution in [0.2, 0.25) is 0 Å². The van der Waals surface area contributed by atoms with Crippen LogP contribution in [0.25, 0.3) is 5.78 Å². The molecule has 0 bridgehead atoms. The maximum atomic E-state index is 12.3. The van der Waals surface area contributed by atoms with Gasteiger partial charge in [-0.2, -0.15) is 4.98 Å². The number of aryl methyl sites for hydroxylation is 2. The summed E-state index contributed by atoms with van der Waals surface area (Å²) in [5.74, 6) is -1.30. The number of hydrogen-bond acceptors (Lipinski definition) is 8. The molecule has 27 heavy (non-hydrogen) atoms. The molecule has 2 aromatic heterocycles. The Balaban J connectivity index is 1.78. The van der Waals surface area contributed by atoms with Crippen molar-refractivity contribution in [2.45, 2.75) is 20.8 Å². The van der Waals surface area contributed by atoms with Crippen LogP contribution in [0.5, 0.6) is 0 Å². The number of amides is 2. The van der Waals surface area contributed by atoms with E-state index in [0.717, 1.165) is 11.4 Å². The topological polar surface area (TPSA) is 137 Å². The van der Waals surface area contributed by atoms with Gasteiger partial charge in [0, 0.05) is 11.4 Å². The SMILES string of the molecule is CCOC(=O)C1=C(COC(=O)c2nc3nc(C)cc(C)n3n2)NC(=O)NC1. The summed E-state index contributed by atoms with van der Waals surface area (Å²) in [5, 5.41) is 8.99. The van der Waals surface area contributed by atoms with E-state index in [1.807, 2.05) is 13.8 Å². The predicted octanol–water partition coefficient (Wildman–Crippen LogP) is 0.0279. The predicted molar refractivity (Wildman–Crippen MR) is 90.7 cm³/mol. The van der Waals surface area contributed by atoms with Crippen LogP contribution in [0.4, 0.5) is 4.79 Å². The van der Waals surface area contributed by atoms with E-state index >= 15 is 0 Å². The van der Waals surface area contributed by atoms with Crippen molar-refractivity contribution in [2.75, 3.05) is 19.8 Å². The van der Waals surface area contributed by atoms with Crippen molar-refractivity contribution >= 4 is 23.7 Å². The Bertz CT molecular complexity index is 964. The van der Waals surface area contributed by atoms with Gasteiger partial charge in [0.05, 0.1) is 24.4 Å². The third kappa shape index (κ3) is 3.86. The Morgan fingerprint density at radius 2 is 2.00 bits per heavy atom. The monoisotopic (exact) mass is 374 g/mol. The summed E-state index contributed by atoms with van der Waals surface area (Å²) in [6.07, 6.45) is 0. The number of urea groups is 1. The highest BCUT2D eigenvalue weighted by atomic mass is 16.5. The molecule has 0 aromatic carbocycles. The zero-order chi connectivity index (χ0) is 19.6. The van der Waals surface area contributed by atoms with Gasteiger partial charge >= 0.3 is 18.0 Å². The van der Waals surface area contributed by atoms with Crippen molar-refractivity contribution in [3.05, 3.63) is 34.5 Å². The van der Waals surface area contributed by atoms with Crippen LogP contribution in [0, 0.1) is 13.8 Å². The lowest BCUT2D eigenvalue weighted by atomic mass is 10.2. The molecule has 0 atom stereocenters. The molecule has 0 saturated carbocycles. The molecular formula is C16H18N6O5. The molecule has 142 valence electrons. The van der Waals surface area contributed by atoms with Gasteiger partial charge in [-0.15, -0.1) is 5.10 Å². The number of carbonyl (C=O) groups is 3. The zero-order valence-corrected chi connectivity index (χ0v) is 15.0. The fourth-order valence-electron chi connectivity index (χ4n) is 2.52. The van der Waals surface area contributed by atoms with Gasteiger partial charge in [0.15, 0.2) is 0 Å². The van der Waals surface area contributed by atoms with Gasteiger partial charge in [-0.25, -0.2) is 23.9 Å². The molecule has 0 aliphatic carbocycles. The smallest absolute Gasteiger partial charge is 0.378 e. The second kappa shape index (κ2) is 7.40. The van der Waals surface area contributed by atoms with E-state index in [9.17, 15) is 14.4 Å². The first kappa shape index (κ1) is 18.3. The number of nitrogens with one attached hydrogen (secondary N) is 2. The van der Waals surface area contributed by atoms with Gasteiger partial charge in [0.2, 0.25) is 0 Å². The minimum atomic E-state index is -0.805. The lowest BCUT2D eigenvalue weighted by Gasteiger charge is -2.20. The zero-order valence-electron chi connectivity index (χ0n) is 15.0. The van der Waals surface area contributed by atoms with Gasteiger partial charge in [-0.1, -0.05) is 0 Å². The molecule has 2 amide bonds. The summed E-state index contributed by atoms with van der Waals surface area (Å²) in [6, 6.07) is 1.30. The minimum Gasteiger partial charge on any atom is -0.463 e. The number of rotatable bonds is 5. The van der Waals surface area contributed by atoms with E-state index in [2.05, 4.69) is 25.7 Å². The second-order valence-electron chi connectivity index (χ2n) is 5.75. The van der Waals surface area contributed by atoms with Gasteiger partial charge in [0.1, 0.15) is 6.61 Å². The highest BCUT2D eigenvalue weighted by Gasteiger charge is 2.25. The molecule has 0 unspecified atom stereocenters. The normalized spacial score (nSPS) is 14.0. The van der Waals surface area contributed by atoms with E-state index in [4.69, 9.17) is 9.47 Å². The molecule has 1 aliphatic heterocycles. The van der Waals surface area contributed by atoms with Crippen LogP contribution >= 0.6 is 0 Å². The number of hydrogen-bond donors (Lipinski definition) is 2. The van der Waals surface area contributed by atoms with Gasteiger partial charge in [-0.3, -0.25) is 0 Å². The molecule has 0 fully saturated rings. The Morgan fingerprint density at radius 3 is 2.74 bits per heavy atom. The number of ether oxygens (including phenoxy) is 2. The Kier molecular flexibility index (Phi) is 5.01. The fourth-order valence-corrected chi connectivity index (χ4v) is 2.52.